The lowest BCUT2D eigenvalue weighted by Crippen LogP contribution is -1.98. The Labute approximate surface area is 105 Å². The van der Waals surface area contributed by atoms with Crippen molar-refractivity contribution in [2.24, 2.45) is 0 Å². The quantitative estimate of drug-likeness (QED) is 0.917. The highest BCUT2D eigenvalue weighted by Crippen LogP contribution is 2.27. The van der Waals surface area contributed by atoms with Crippen LogP contribution in [0.2, 0.25) is 5.15 Å². The Kier molecular flexibility index (Phi) is 3.36. The van der Waals surface area contributed by atoms with Crippen molar-refractivity contribution in [1.82, 2.24) is 10.2 Å². The van der Waals surface area contributed by atoms with Gasteiger partial charge in [-0.3, -0.25) is 0 Å². The molecule has 0 spiro atoms. The van der Waals surface area contributed by atoms with Crippen LogP contribution >= 0.6 is 27.5 Å². The van der Waals surface area contributed by atoms with Gasteiger partial charge in [0.15, 0.2) is 11.0 Å². The second-order valence-corrected chi connectivity index (χ2v) is 4.20. The summed E-state index contributed by atoms with van der Waals surface area (Å²) in [7, 11) is 0. The molecular weight excluding hydrogens is 296 g/mol. The number of benzene rings is 1. The largest absolute Gasteiger partial charge is 0.335 e. The van der Waals surface area contributed by atoms with Crippen LogP contribution in [0.25, 0.3) is 0 Å². The topological polar surface area (TPSA) is 37.8 Å². The standard InChI is InChI=1S/C10H6BrClFN3/c11-6-2-1-3-7(13)10(6)14-9-5-4-8(12)15-16-9/h1-5H,(H,14,16). The summed E-state index contributed by atoms with van der Waals surface area (Å²) in [4.78, 5) is 0. The fraction of sp³-hybridized carbons (Fsp3) is 0. The molecule has 1 N–H and O–H groups in total. The van der Waals surface area contributed by atoms with Crippen LogP contribution in [0.1, 0.15) is 0 Å². The van der Waals surface area contributed by atoms with Crippen molar-refractivity contribution in [1.29, 1.82) is 0 Å². The predicted octanol–water partition coefficient (Wildman–Crippen LogP) is 3.78. The fourth-order valence-electron chi connectivity index (χ4n) is 1.13. The van der Waals surface area contributed by atoms with E-state index in [1.165, 1.54) is 6.07 Å². The third kappa shape index (κ3) is 2.48. The monoisotopic (exact) mass is 301 g/mol. The normalized spacial score (nSPS) is 10.2. The van der Waals surface area contributed by atoms with Crippen molar-refractivity contribution < 1.29 is 4.39 Å². The number of hydrogen-bond donors (Lipinski definition) is 1. The Hall–Kier alpha value is -1.20. The van der Waals surface area contributed by atoms with Gasteiger partial charge in [-0.05, 0) is 40.2 Å². The first-order valence-electron chi connectivity index (χ1n) is 4.37. The molecule has 1 aromatic heterocycles. The van der Waals surface area contributed by atoms with Gasteiger partial charge in [0.1, 0.15) is 5.82 Å². The average Bonchev–Trinajstić information content (AvgIpc) is 2.26. The van der Waals surface area contributed by atoms with Gasteiger partial charge in [-0.1, -0.05) is 17.7 Å². The zero-order chi connectivity index (χ0) is 11.5. The Balaban J connectivity index is 2.30. The van der Waals surface area contributed by atoms with Gasteiger partial charge in [0, 0.05) is 4.47 Å². The van der Waals surface area contributed by atoms with Crippen molar-refractivity contribution in [2.45, 2.75) is 0 Å². The molecule has 0 bridgehead atoms. The maximum atomic E-state index is 13.4. The third-order valence-electron chi connectivity index (χ3n) is 1.85. The molecule has 0 radical (unpaired) electrons. The minimum Gasteiger partial charge on any atom is -0.335 e. The molecule has 0 saturated heterocycles. The first kappa shape index (κ1) is 11.3. The van der Waals surface area contributed by atoms with Crippen LogP contribution in [0.15, 0.2) is 34.8 Å². The van der Waals surface area contributed by atoms with Crippen LogP contribution in [-0.4, -0.2) is 10.2 Å². The Morgan fingerprint density at radius 3 is 2.62 bits per heavy atom. The molecule has 6 heteroatoms. The summed E-state index contributed by atoms with van der Waals surface area (Å²) in [6.45, 7) is 0. The maximum absolute atomic E-state index is 13.4. The lowest BCUT2D eigenvalue weighted by atomic mass is 10.3. The van der Waals surface area contributed by atoms with Gasteiger partial charge in [0.2, 0.25) is 0 Å². The molecule has 2 aromatic rings. The van der Waals surface area contributed by atoms with Crippen LogP contribution in [0.4, 0.5) is 15.9 Å². The van der Waals surface area contributed by atoms with Gasteiger partial charge in [-0.2, -0.15) is 0 Å². The number of nitrogens with zero attached hydrogens (tertiary/aromatic N) is 2. The smallest absolute Gasteiger partial charge is 0.153 e. The number of aromatic nitrogens is 2. The van der Waals surface area contributed by atoms with Crippen molar-refractivity contribution in [3.63, 3.8) is 0 Å². The van der Waals surface area contributed by atoms with E-state index in [1.54, 1.807) is 24.3 Å². The first-order valence-corrected chi connectivity index (χ1v) is 5.54. The van der Waals surface area contributed by atoms with E-state index in [0.29, 0.717) is 16.0 Å². The molecule has 2 rings (SSSR count). The molecule has 0 amide bonds. The molecule has 82 valence electrons. The average molecular weight is 303 g/mol. The number of para-hydroxylation sites is 1. The van der Waals surface area contributed by atoms with E-state index in [4.69, 9.17) is 11.6 Å². The van der Waals surface area contributed by atoms with Crippen molar-refractivity contribution >= 4 is 39.0 Å². The van der Waals surface area contributed by atoms with Crippen LogP contribution in [0.5, 0.6) is 0 Å². The van der Waals surface area contributed by atoms with E-state index in [2.05, 4.69) is 31.4 Å². The molecule has 0 saturated carbocycles. The molecule has 1 heterocycles. The predicted molar refractivity (Wildman–Crippen MR) is 64.4 cm³/mol. The lowest BCUT2D eigenvalue weighted by molar-refractivity contribution is 0.631. The van der Waals surface area contributed by atoms with Gasteiger partial charge in [-0.25, -0.2) is 4.39 Å². The third-order valence-corrected chi connectivity index (χ3v) is 2.71. The van der Waals surface area contributed by atoms with Crippen LogP contribution in [0, 0.1) is 5.82 Å². The van der Waals surface area contributed by atoms with Crippen LogP contribution < -0.4 is 5.32 Å². The summed E-state index contributed by atoms with van der Waals surface area (Å²) in [6.07, 6.45) is 0. The summed E-state index contributed by atoms with van der Waals surface area (Å²) in [6, 6.07) is 7.89. The zero-order valence-electron chi connectivity index (χ0n) is 7.92. The number of anilines is 2. The Morgan fingerprint density at radius 1 is 1.19 bits per heavy atom. The summed E-state index contributed by atoms with van der Waals surface area (Å²) in [5.41, 5.74) is 0.319. The molecule has 0 atom stereocenters. The molecule has 16 heavy (non-hydrogen) atoms. The minimum absolute atomic E-state index is 0.290. The van der Waals surface area contributed by atoms with E-state index in [0.717, 1.165) is 0 Å². The number of halogens is 3. The van der Waals surface area contributed by atoms with Crippen molar-refractivity contribution in [3.8, 4) is 0 Å². The van der Waals surface area contributed by atoms with Crippen LogP contribution in [-0.2, 0) is 0 Å². The highest BCUT2D eigenvalue weighted by atomic mass is 79.9. The second kappa shape index (κ2) is 4.76. The number of hydrogen-bond acceptors (Lipinski definition) is 3. The highest BCUT2D eigenvalue weighted by molar-refractivity contribution is 9.10. The van der Waals surface area contributed by atoms with Gasteiger partial charge >= 0.3 is 0 Å². The Morgan fingerprint density at radius 2 is 2.00 bits per heavy atom. The molecule has 0 aliphatic heterocycles. The van der Waals surface area contributed by atoms with Gasteiger partial charge in [0.25, 0.3) is 0 Å². The molecule has 0 fully saturated rings. The van der Waals surface area contributed by atoms with Crippen LogP contribution in [0.3, 0.4) is 0 Å². The van der Waals surface area contributed by atoms with E-state index in [1.807, 2.05) is 0 Å². The second-order valence-electron chi connectivity index (χ2n) is 2.96. The SMILES string of the molecule is Fc1cccc(Br)c1Nc1ccc(Cl)nn1. The summed E-state index contributed by atoms with van der Waals surface area (Å²) < 4.78 is 14.1. The van der Waals surface area contributed by atoms with Gasteiger partial charge in [0.05, 0.1) is 5.69 Å². The zero-order valence-corrected chi connectivity index (χ0v) is 10.3. The molecular formula is C10H6BrClFN3. The van der Waals surface area contributed by atoms with Gasteiger partial charge < -0.3 is 5.32 Å². The van der Waals surface area contributed by atoms with Crippen molar-refractivity contribution in [2.75, 3.05) is 5.32 Å². The van der Waals surface area contributed by atoms with E-state index < -0.39 is 0 Å². The Bertz CT molecular complexity index is 484. The van der Waals surface area contributed by atoms with E-state index in [9.17, 15) is 4.39 Å². The molecule has 3 nitrogen and oxygen atoms in total. The van der Waals surface area contributed by atoms with E-state index >= 15 is 0 Å². The molecule has 1 aromatic carbocycles. The van der Waals surface area contributed by atoms with Crippen molar-refractivity contribution in [3.05, 3.63) is 45.8 Å². The molecule has 0 aliphatic carbocycles. The van der Waals surface area contributed by atoms with Gasteiger partial charge in [-0.15, -0.1) is 10.2 Å². The fourth-order valence-corrected chi connectivity index (χ4v) is 1.67. The number of rotatable bonds is 2. The number of nitrogens with one attached hydrogen (secondary N) is 1. The molecule has 0 unspecified atom stereocenters. The highest BCUT2D eigenvalue weighted by Gasteiger charge is 2.07. The maximum Gasteiger partial charge on any atom is 0.153 e. The first-order chi connectivity index (χ1) is 7.66. The minimum atomic E-state index is -0.369. The molecule has 0 aliphatic rings. The summed E-state index contributed by atoms with van der Waals surface area (Å²) in [5.74, 6) is 0.0568. The van der Waals surface area contributed by atoms with E-state index in [-0.39, 0.29) is 11.0 Å². The summed E-state index contributed by atoms with van der Waals surface area (Å²) in [5, 5.41) is 10.5. The summed E-state index contributed by atoms with van der Waals surface area (Å²) >= 11 is 8.83. The lowest BCUT2D eigenvalue weighted by Gasteiger charge is -2.07.